The molecule has 1 saturated carbocycles. The zero-order chi connectivity index (χ0) is 19.2. The zero-order valence-corrected chi connectivity index (χ0v) is 15.5. The smallest absolute Gasteiger partial charge is 0.269 e. The molecule has 6 nitrogen and oxygen atoms in total. The number of halogens is 2. The van der Waals surface area contributed by atoms with Crippen LogP contribution in [0.5, 0.6) is 0 Å². The molecule has 0 radical (unpaired) electrons. The van der Waals surface area contributed by atoms with Crippen molar-refractivity contribution < 1.29 is 13.6 Å². The van der Waals surface area contributed by atoms with E-state index in [1.165, 1.54) is 11.3 Å². The molecule has 0 saturated heterocycles. The molecule has 1 fully saturated rings. The van der Waals surface area contributed by atoms with E-state index >= 15 is 0 Å². The van der Waals surface area contributed by atoms with E-state index in [0.29, 0.717) is 23.4 Å². The molecule has 1 amide bonds. The zero-order valence-electron chi connectivity index (χ0n) is 14.7. The van der Waals surface area contributed by atoms with Crippen molar-refractivity contribution in [2.45, 2.75) is 44.2 Å². The fraction of sp³-hybridized carbons (Fsp3) is 0.389. The van der Waals surface area contributed by atoms with E-state index in [9.17, 15) is 13.6 Å². The first-order valence-electron chi connectivity index (χ1n) is 8.70. The standard InChI is InChI=1S/C18H19F2N5OS/c1-10-11(12-9-23-25-7-3-6-22-16(12)25)8-14(27-10)17(26)24-15-13(21)4-2-5-18(15,19)20/h3,6-9,13,15H,2,4-5,21H2,1H3,(H,24,26)/t13-,15-/m1/s1. The van der Waals surface area contributed by atoms with E-state index in [1.54, 1.807) is 35.2 Å². The summed E-state index contributed by atoms with van der Waals surface area (Å²) in [5.74, 6) is -3.52. The van der Waals surface area contributed by atoms with Gasteiger partial charge in [-0.2, -0.15) is 5.10 Å². The van der Waals surface area contributed by atoms with E-state index in [1.807, 2.05) is 6.92 Å². The average molecular weight is 391 g/mol. The van der Waals surface area contributed by atoms with Crippen LogP contribution in [0.3, 0.4) is 0 Å². The molecule has 0 spiro atoms. The van der Waals surface area contributed by atoms with Crippen molar-refractivity contribution in [1.82, 2.24) is 19.9 Å². The van der Waals surface area contributed by atoms with E-state index in [0.717, 1.165) is 16.0 Å². The predicted octanol–water partition coefficient (Wildman–Crippen LogP) is 3.01. The van der Waals surface area contributed by atoms with Gasteiger partial charge >= 0.3 is 0 Å². The third-order valence-corrected chi connectivity index (χ3v) is 5.98. The Labute approximate surface area is 158 Å². The van der Waals surface area contributed by atoms with Crippen molar-refractivity contribution >= 4 is 22.9 Å². The van der Waals surface area contributed by atoms with Crippen molar-refractivity contribution in [2.75, 3.05) is 0 Å². The highest BCUT2D eigenvalue weighted by Crippen LogP contribution is 2.35. The van der Waals surface area contributed by atoms with Gasteiger partial charge in [0, 0.05) is 40.9 Å². The van der Waals surface area contributed by atoms with E-state index in [-0.39, 0.29) is 6.42 Å². The van der Waals surface area contributed by atoms with Crippen LogP contribution in [0.25, 0.3) is 16.8 Å². The number of nitrogens with two attached hydrogens (primary N) is 1. The lowest BCUT2D eigenvalue weighted by atomic mass is 9.87. The van der Waals surface area contributed by atoms with E-state index in [4.69, 9.17) is 5.73 Å². The lowest BCUT2D eigenvalue weighted by molar-refractivity contribution is -0.0674. The van der Waals surface area contributed by atoms with Gasteiger partial charge in [-0.25, -0.2) is 18.3 Å². The van der Waals surface area contributed by atoms with Crippen LogP contribution in [0, 0.1) is 6.92 Å². The van der Waals surface area contributed by atoms with Gasteiger partial charge in [-0.15, -0.1) is 11.3 Å². The third-order valence-electron chi connectivity index (χ3n) is 4.93. The minimum atomic E-state index is -2.99. The molecule has 0 bridgehead atoms. The quantitative estimate of drug-likeness (QED) is 0.719. The largest absolute Gasteiger partial charge is 0.341 e. The summed E-state index contributed by atoms with van der Waals surface area (Å²) in [6.07, 6.45) is 5.72. The molecular formula is C18H19F2N5OS. The summed E-state index contributed by atoms with van der Waals surface area (Å²) < 4.78 is 30.0. The normalized spacial score (nSPS) is 22.1. The first kappa shape index (κ1) is 18.0. The highest BCUT2D eigenvalue weighted by molar-refractivity contribution is 7.14. The monoisotopic (exact) mass is 391 g/mol. The molecule has 0 unspecified atom stereocenters. The number of thiophene rings is 1. The molecule has 142 valence electrons. The summed E-state index contributed by atoms with van der Waals surface area (Å²) in [5, 5.41) is 6.71. The summed E-state index contributed by atoms with van der Waals surface area (Å²) in [7, 11) is 0. The molecule has 3 N–H and O–H groups in total. The van der Waals surface area contributed by atoms with Gasteiger partial charge in [0.1, 0.15) is 6.04 Å². The predicted molar refractivity (Wildman–Crippen MR) is 99.1 cm³/mol. The number of nitrogens with one attached hydrogen (secondary N) is 1. The summed E-state index contributed by atoms with van der Waals surface area (Å²) >= 11 is 1.26. The summed E-state index contributed by atoms with van der Waals surface area (Å²) in [5.41, 5.74) is 8.13. The van der Waals surface area contributed by atoms with Crippen molar-refractivity contribution in [3.8, 4) is 11.1 Å². The highest BCUT2D eigenvalue weighted by atomic mass is 32.1. The summed E-state index contributed by atoms with van der Waals surface area (Å²) in [6, 6.07) is 1.38. The highest BCUT2D eigenvalue weighted by Gasteiger charge is 2.46. The number of amides is 1. The van der Waals surface area contributed by atoms with Crippen molar-refractivity contribution in [1.29, 1.82) is 0 Å². The van der Waals surface area contributed by atoms with Gasteiger partial charge in [0.25, 0.3) is 11.8 Å². The number of hydrogen-bond acceptors (Lipinski definition) is 5. The first-order chi connectivity index (χ1) is 12.9. The molecule has 0 aromatic carbocycles. The second-order valence-electron chi connectivity index (χ2n) is 6.79. The molecule has 4 rings (SSSR count). The van der Waals surface area contributed by atoms with Crippen LogP contribution in [0.1, 0.15) is 33.8 Å². The lowest BCUT2D eigenvalue weighted by Gasteiger charge is -2.36. The summed E-state index contributed by atoms with van der Waals surface area (Å²) in [6.45, 7) is 1.88. The Bertz CT molecular complexity index is 999. The van der Waals surface area contributed by atoms with Gasteiger partial charge in [0.2, 0.25) is 0 Å². The Morgan fingerprint density at radius 1 is 1.44 bits per heavy atom. The molecule has 27 heavy (non-hydrogen) atoms. The van der Waals surface area contributed by atoms with Gasteiger partial charge in [0.15, 0.2) is 5.65 Å². The fourth-order valence-corrected chi connectivity index (χ4v) is 4.45. The summed E-state index contributed by atoms with van der Waals surface area (Å²) in [4.78, 5) is 18.2. The SMILES string of the molecule is Cc1sc(C(=O)N[C@@H]2[C@H](N)CCCC2(F)F)cc1-c1cnn2cccnc12. The molecule has 1 aliphatic carbocycles. The van der Waals surface area contributed by atoms with Crippen LogP contribution in [0.2, 0.25) is 0 Å². The third kappa shape index (κ3) is 3.21. The maximum absolute atomic E-state index is 14.2. The number of aryl methyl sites for hydroxylation is 1. The molecule has 1 aliphatic rings. The number of nitrogens with zero attached hydrogens (tertiary/aromatic N) is 3. The Kier molecular flexibility index (Phi) is 4.43. The molecule has 3 aromatic heterocycles. The Balaban J connectivity index is 1.62. The maximum atomic E-state index is 14.2. The second kappa shape index (κ2) is 6.65. The molecule has 3 aromatic rings. The average Bonchev–Trinajstić information content (AvgIpc) is 3.21. The molecule has 0 aliphatic heterocycles. The number of fused-ring (bicyclic) bond motifs is 1. The Morgan fingerprint density at radius 3 is 3.04 bits per heavy atom. The number of carbonyl (C=O) groups is 1. The molecule has 3 heterocycles. The minimum Gasteiger partial charge on any atom is -0.341 e. The lowest BCUT2D eigenvalue weighted by Crippen LogP contribution is -2.59. The first-order valence-corrected chi connectivity index (χ1v) is 9.52. The fourth-order valence-electron chi connectivity index (χ4n) is 3.51. The Hall–Kier alpha value is -2.39. The van der Waals surface area contributed by atoms with Crippen LogP contribution >= 0.6 is 11.3 Å². The second-order valence-corrected chi connectivity index (χ2v) is 8.05. The molecular weight excluding hydrogens is 372 g/mol. The van der Waals surface area contributed by atoms with Gasteiger partial charge in [0.05, 0.1) is 11.1 Å². The molecule has 9 heteroatoms. The van der Waals surface area contributed by atoms with E-state index < -0.39 is 23.9 Å². The van der Waals surface area contributed by atoms with Gasteiger partial charge in [-0.3, -0.25) is 4.79 Å². The van der Waals surface area contributed by atoms with Gasteiger partial charge < -0.3 is 11.1 Å². The van der Waals surface area contributed by atoms with Gasteiger partial charge in [-0.05, 0) is 31.9 Å². The number of aromatic nitrogens is 3. The number of hydrogen-bond donors (Lipinski definition) is 2. The van der Waals surface area contributed by atoms with Crippen LogP contribution in [0.4, 0.5) is 8.78 Å². The number of carbonyl (C=O) groups excluding carboxylic acids is 1. The Morgan fingerprint density at radius 2 is 2.26 bits per heavy atom. The van der Waals surface area contributed by atoms with Crippen LogP contribution in [0.15, 0.2) is 30.7 Å². The minimum absolute atomic E-state index is 0.256. The van der Waals surface area contributed by atoms with Gasteiger partial charge in [-0.1, -0.05) is 0 Å². The van der Waals surface area contributed by atoms with Crippen molar-refractivity contribution in [3.63, 3.8) is 0 Å². The van der Waals surface area contributed by atoms with E-state index in [2.05, 4.69) is 15.4 Å². The van der Waals surface area contributed by atoms with Crippen LogP contribution in [-0.4, -0.2) is 38.5 Å². The van der Waals surface area contributed by atoms with Crippen molar-refractivity contribution in [3.05, 3.63) is 40.5 Å². The molecule has 2 atom stereocenters. The maximum Gasteiger partial charge on any atom is 0.269 e. The van der Waals surface area contributed by atoms with Crippen LogP contribution in [-0.2, 0) is 0 Å². The van der Waals surface area contributed by atoms with Crippen LogP contribution < -0.4 is 11.1 Å². The van der Waals surface area contributed by atoms with Crippen molar-refractivity contribution in [2.24, 2.45) is 5.73 Å². The number of rotatable bonds is 3. The topological polar surface area (TPSA) is 85.3 Å². The number of alkyl halides is 2.